The van der Waals surface area contributed by atoms with E-state index in [0.717, 1.165) is 28.3 Å². The summed E-state index contributed by atoms with van der Waals surface area (Å²) in [6, 6.07) is 4.91. The van der Waals surface area contributed by atoms with Gasteiger partial charge in [-0.15, -0.1) is 11.3 Å². The molecule has 0 saturated heterocycles. The molecule has 0 aliphatic heterocycles. The van der Waals surface area contributed by atoms with Crippen LogP contribution in [0.5, 0.6) is 5.75 Å². The van der Waals surface area contributed by atoms with Crippen LogP contribution in [-0.4, -0.2) is 21.2 Å². The molecule has 0 bridgehead atoms. The molecule has 1 aliphatic carbocycles. The van der Waals surface area contributed by atoms with Crippen LogP contribution in [0.15, 0.2) is 18.2 Å². The number of aromatic nitrogens is 1. The molecule has 0 amide bonds. The standard InChI is InChI=1S/C14H12ClNO3S/c15-9-6-7(4-5-10(9)17)13-16-12-8(14(18)19)2-1-3-11(12)20-13/h4-6,8,17H,1-3H2,(H,18,19). The van der Waals surface area contributed by atoms with E-state index in [0.29, 0.717) is 12.1 Å². The van der Waals surface area contributed by atoms with Crippen LogP contribution in [0.25, 0.3) is 10.6 Å². The number of benzene rings is 1. The number of hydrogen-bond acceptors (Lipinski definition) is 4. The Bertz CT molecular complexity index is 683. The molecule has 1 unspecified atom stereocenters. The number of carboxylic acids is 1. The minimum atomic E-state index is -0.813. The third-order valence-electron chi connectivity index (χ3n) is 3.45. The molecule has 1 heterocycles. The van der Waals surface area contributed by atoms with E-state index in [9.17, 15) is 15.0 Å². The maximum atomic E-state index is 11.3. The van der Waals surface area contributed by atoms with Crippen LogP contribution in [0.2, 0.25) is 5.02 Å². The van der Waals surface area contributed by atoms with Gasteiger partial charge in [-0.2, -0.15) is 0 Å². The molecule has 104 valence electrons. The monoisotopic (exact) mass is 309 g/mol. The lowest BCUT2D eigenvalue weighted by Crippen LogP contribution is -2.17. The summed E-state index contributed by atoms with van der Waals surface area (Å²) in [5, 5.41) is 19.7. The molecule has 0 saturated carbocycles. The zero-order valence-corrected chi connectivity index (χ0v) is 12.0. The SMILES string of the molecule is O=C(O)C1CCCc2sc(-c3ccc(O)c(Cl)c3)nc21. The second-order valence-electron chi connectivity index (χ2n) is 4.78. The van der Waals surface area contributed by atoms with Gasteiger partial charge < -0.3 is 10.2 Å². The molecular weight excluding hydrogens is 298 g/mol. The largest absolute Gasteiger partial charge is 0.506 e. The van der Waals surface area contributed by atoms with Gasteiger partial charge in [-0.05, 0) is 37.5 Å². The van der Waals surface area contributed by atoms with Crippen molar-refractivity contribution in [3.63, 3.8) is 0 Å². The summed E-state index contributed by atoms with van der Waals surface area (Å²) in [5.74, 6) is -1.29. The maximum Gasteiger partial charge on any atom is 0.312 e. The number of rotatable bonds is 2. The third kappa shape index (κ3) is 2.27. The van der Waals surface area contributed by atoms with Crippen LogP contribution in [-0.2, 0) is 11.2 Å². The Kier molecular flexibility index (Phi) is 3.40. The number of carboxylic acid groups (broad SMARTS) is 1. The van der Waals surface area contributed by atoms with Crippen molar-refractivity contribution in [2.75, 3.05) is 0 Å². The first-order valence-corrected chi connectivity index (χ1v) is 7.47. The number of halogens is 1. The number of hydrogen-bond donors (Lipinski definition) is 2. The van der Waals surface area contributed by atoms with E-state index < -0.39 is 11.9 Å². The maximum absolute atomic E-state index is 11.3. The van der Waals surface area contributed by atoms with Crippen molar-refractivity contribution in [3.8, 4) is 16.3 Å². The average molecular weight is 310 g/mol. The number of fused-ring (bicyclic) bond motifs is 1. The topological polar surface area (TPSA) is 70.4 Å². The highest BCUT2D eigenvalue weighted by molar-refractivity contribution is 7.15. The molecule has 1 aliphatic rings. The number of carbonyl (C=O) groups is 1. The Morgan fingerprint density at radius 3 is 2.95 bits per heavy atom. The van der Waals surface area contributed by atoms with Gasteiger partial charge in [-0.3, -0.25) is 4.79 Å². The first-order chi connectivity index (χ1) is 9.56. The number of thiazole rings is 1. The van der Waals surface area contributed by atoms with Gasteiger partial charge in [0.2, 0.25) is 0 Å². The quantitative estimate of drug-likeness (QED) is 0.888. The van der Waals surface area contributed by atoms with Gasteiger partial charge >= 0.3 is 5.97 Å². The molecule has 20 heavy (non-hydrogen) atoms. The fourth-order valence-electron chi connectivity index (χ4n) is 2.42. The van der Waals surface area contributed by atoms with Crippen LogP contribution < -0.4 is 0 Å². The van der Waals surface area contributed by atoms with E-state index in [-0.39, 0.29) is 10.8 Å². The first-order valence-electron chi connectivity index (χ1n) is 6.27. The van der Waals surface area contributed by atoms with Gasteiger partial charge in [0.05, 0.1) is 16.6 Å². The summed E-state index contributed by atoms with van der Waals surface area (Å²) in [6.07, 6.45) is 2.40. The van der Waals surface area contributed by atoms with E-state index in [4.69, 9.17) is 11.6 Å². The predicted octanol–water partition coefficient (Wildman–Crippen LogP) is 3.67. The zero-order valence-electron chi connectivity index (χ0n) is 10.5. The van der Waals surface area contributed by atoms with Gasteiger partial charge in [0, 0.05) is 10.4 Å². The van der Waals surface area contributed by atoms with Crippen molar-refractivity contribution in [1.29, 1.82) is 0 Å². The second-order valence-corrected chi connectivity index (χ2v) is 6.27. The van der Waals surface area contributed by atoms with Crippen molar-refractivity contribution in [3.05, 3.63) is 33.8 Å². The molecule has 2 N–H and O–H groups in total. The Labute approximate surface area is 124 Å². The van der Waals surface area contributed by atoms with E-state index in [1.165, 1.54) is 17.4 Å². The van der Waals surface area contributed by atoms with E-state index in [1.807, 2.05) is 0 Å². The Morgan fingerprint density at radius 2 is 2.25 bits per heavy atom. The van der Waals surface area contributed by atoms with Gasteiger partial charge in [0.25, 0.3) is 0 Å². The molecule has 4 nitrogen and oxygen atoms in total. The van der Waals surface area contributed by atoms with Crippen molar-refractivity contribution in [1.82, 2.24) is 4.98 Å². The minimum absolute atomic E-state index is 0.0279. The van der Waals surface area contributed by atoms with Crippen molar-refractivity contribution < 1.29 is 15.0 Å². The molecule has 1 aromatic carbocycles. The van der Waals surface area contributed by atoms with E-state index in [2.05, 4.69) is 4.98 Å². The molecule has 0 radical (unpaired) electrons. The van der Waals surface area contributed by atoms with E-state index >= 15 is 0 Å². The highest BCUT2D eigenvalue weighted by Crippen LogP contribution is 2.39. The van der Waals surface area contributed by atoms with Gasteiger partial charge in [-0.25, -0.2) is 4.98 Å². The third-order valence-corrected chi connectivity index (χ3v) is 4.93. The lowest BCUT2D eigenvalue weighted by atomic mass is 9.91. The van der Waals surface area contributed by atoms with Crippen molar-refractivity contribution >= 4 is 28.9 Å². The highest BCUT2D eigenvalue weighted by Gasteiger charge is 2.30. The fraction of sp³-hybridized carbons (Fsp3) is 0.286. The Hall–Kier alpha value is -1.59. The summed E-state index contributed by atoms with van der Waals surface area (Å²) < 4.78 is 0. The highest BCUT2D eigenvalue weighted by atomic mass is 35.5. The number of aromatic hydroxyl groups is 1. The summed E-state index contributed by atoms with van der Waals surface area (Å²) in [5.41, 5.74) is 1.49. The molecule has 0 spiro atoms. The van der Waals surface area contributed by atoms with Gasteiger partial charge in [0.1, 0.15) is 10.8 Å². The normalized spacial score (nSPS) is 17.8. The Balaban J connectivity index is 2.04. The lowest BCUT2D eigenvalue weighted by Gasteiger charge is -2.16. The zero-order chi connectivity index (χ0) is 14.3. The minimum Gasteiger partial charge on any atom is -0.506 e. The molecule has 6 heteroatoms. The van der Waals surface area contributed by atoms with Crippen LogP contribution in [0.1, 0.15) is 29.3 Å². The van der Waals surface area contributed by atoms with Crippen LogP contribution in [0.4, 0.5) is 0 Å². The average Bonchev–Trinajstić information content (AvgIpc) is 2.85. The lowest BCUT2D eigenvalue weighted by molar-refractivity contribution is -0.139. The molecule has 0 fully saturated rings. The number of phenols is 1. The fourth-order valence-corrected chi connectivity index (χ4v) is 3.76. The molecular formula is C14H12ClNO3S. The molecule has 2 aromatic rings. The number of phenolic OH excluding ortho intramolecular Hbond substituents is 1. The number of nitrogens with zero attached hydrogens (tertiary/aromatic N) is 1. The first kappa shape index (κ1) is 13.4. The molecule has 3 rings (SSSR count). The summed E-state index contributed by atoms with van der Waals surface area (Å²) in [7, 11) is 0. The summed E-state index contributed by atoms with van der Waals surface area (Å²) in [4.78, 5) is 16.8. The van der Waals surface area contributed by atoms with Gasteiger partial charge in [0.15, 0.2) is 0 Å². The van der Waals surface area contributed by atoms with Crippen LogP contribution >= 0.6 is 22.9 Å². The summed E-state index contributed by atoms with van der Waals surface area (Å²) >= 11 is 7.41. The summed E-state index contributed by atoms with van der Waals surface area (Å²) in [6.45, 7) is 0. The van der Waals surface area contributed by atoms with E-state index in [1.54, 1.807) is 12.1 Å². The second kappa shape index (κ2) is 5.07. The Morgan fingerprint density at radius 1 is 1.45 bits per heavy atom. The number of aryl methyl sites for hydroxylation is 1. The molecule has 1 aromatic heterocycles. The smallest absolute Gasteiger partial charge is 0.312 e. The molecule has 1 atom stereocenters. The predicted molar refractivity (Wildman–Crippen MR) is 77.5 cm³/mol. The van der Waals surface area contributed by atoms with Crippen LogP contribution in [0, 0.1) is 0 Å². The van der Waals surface area contributed by atoms with Crippen LogP contribution in [0.3, 0.4) is 0 Å². The van der Waals surface area contributed by atoms with Crippen molar-refractivity contribution in [2.45, 2.75) is 25.2 Å². The van der Waals surface area contributed by atoms with Gasteiger partial charge in [-0.1, -0.05) is 11.6 Å². The van der Waals surface area contributed by atoms with Crippen molar-refractivity contribution in [2.24, 2.45) is 0 Å². The number of aliphatic carboxylic acids is 1.